The summed E-state index contributed by atoms with van der Waals surface area (Å²) in [5.41, 5.74) is 2.22. The van der Waals surface area contributed by atoms with Crippen LogP contribution in [0.4, 0.5) is 9.93 Å². The standard InChI is InChI=1S/C19H26N4O2S/c24-18(20-15-4-2-1-3-5-15)22-19-21-16-7-6-14(12-17(16)26-19)13-23-8-10-25-11-9-23/h6-7,12,15H,1-5,8-11,13H2,(H2,20,21,22,24). The molecular formula is C19H26N4O2S. The van der Waals surface area contributed by atoms with Crippen molar-refractivity contribution in [1.82, 2.24) is 15.2 Å². The molecule has 0 unspecified atom stereocenters. The summed E-state index contributed by atoms with van der Waals surface area (Å²) in [6.07, 6.45) is 5.86. The molecule has 1 aliphatic heterocycles. The number of benzene rings is 1. The molecule has 4 rings (SSSR count). The number of thiazole rings is 1. The summed E-state index contributed by atoms with van der Waals surface area (Å²) in [6, 6.07) is 6.53. The van der Waals surface area contributed by atoms with Crippen LogP contribution in [0.25, 0.3) is 10.2 Å². The number of rotatable bonds is 4. The van der Waals surface area contributed by atoms with Crippen molar-refractivity contribution in [3.8, 4) is 0 Å². The topological polar surface area (TPSA) is 66.5 Å². The van der Waals surface area contributed by atoms with Crippen molar-refractivity contribution in [2.75, 3.05) is 31.6 Å². The third kappa shape index (κ3) is 4.52. The number of carbonyl (C=O) groups excluding carboxylic acids is 1. The maximum Gasteiger partial charge on any atom is 0.321 e. The van der Waals surface area contributed by atoms with Gasteiger partial charge in [-0.1, -0.05) is 36.7 Å². The van der Waals surface area contributed by atoms with Gasteiger partial charge in [-0.05, 0) is 30.5 Å². The van der Waals surface area contributed by atoms with Crippen LogP contribution in [-0.4, -0.2) is 48.3 Å². The summed E-state index contributed by atoms with van der Waals surface area (Å²) in [5, 5.41) is 6.65. The molecular weight excluding hydrogens is 348 g/mol. The van der Waals surface area contributed by atoms with Gasteiger partial charge in [0.05, 0.1) is 23.4 Å². The van der Waals surface area contributed by atoms with Gasteiger partial charge in [0.15, 0.2) is 5.13 Å². The molecule has 140 valence electrons. The van der Waals surface area contributed by atoms with Crippen LogP contribution >= 0.6 is 11.3 Å². The Morgan fingerprint density at radius 1 is 1.23 bits per heavy atom. The van der Waals surface area contributed by atoms with Crippen LogP contribution in [0.5, 0.6) is 0 Å². The predicted octanol–water partition coefficient (Wildman–Crippen LogP) is 3.58. The first-order valence-corrected chi connectivity index (χ1v) is 10.3. The highest BCUT2D eigenvalue weighted by molar-refractivity contribution is 7.22. The second-order valence-electron chi connectivity index (χ2n) is 7.14. The molecule has 2 N–H and O–H groups in total. The maximum absolute atomic E-state index is 12.2. The monoisotopic (exact) mass is 374 g/mol. The molecule has 0 radical (unpaired) electrons. The van der Waals surface area contributed by atoms with E-state index in [2.05, 4.69) is 32.7 Å². The second-order valence-corrected chi connectivity index (χ2v) is 8.17. The van der Waals surface area contributed by atoms with E-state index in [1.165, 1.54) is 36.2 Å². The minimum Gasteiger partial charge on any atom is -0.379 e. The normalized spacial score (nSPS) is 19.5. The van der Waals surface area contributed by atoms with Gasteiger partial charge in [-0.15, -0.1) is 0 Å². The fourth-order valence-corrected chi connectivity index (χ4v) is 4.63. The van der Waals surface area contributed by atoms with E-state index in [9.17, 15) is 4.79 Å². The molecule has 1 aliphatic carbocycles. The van der Waals surface area contributed by atoms with Crippen molar-refractivity contribution >= 4 is 32.7 Å². The summed E-state index contributed by atoms with van der Waals surface area (Å²) >= 11 is 1.54. The van der Waals surface area contributed by atoms with Crippen molar-refractivity contribution < 1.29 is 9.53 Å². The number of ether oxygens (including phenoxy) is 1. The summed E-state index contributed by atoms with van der Waals surface area (Å²) in [5.74, 6) is 0. The van der Waals surface area contributed by atoms with Gasteiger partial charge in [0.25, 0.3) is 0 Å². The molecule has 7 heteroatoms. The number of amides is 2. The molecule has 26 heavy (non-hydrogen) atoms. The van der Waals surface area contributed by atoms with Crippen LogP contribution < -0.4 is 10.6 Å². The van der Waals surface area contributed by atoms with E-state index in [1.807, 2.05) is 6.07 Å². The molecule has 2 fully saturated rings. The van der Waals surface area contributed by atoms with Gasteiger partial charge in [0.1, 0.15) is 0 Å². The maximum atomic E-state index is 12.2. The summed E-state index contributed by atoms with van der Waals surface area (Å²) < 4.78 is 6.52. The fourth-order valence-electron chi connectivity index (χ4n) is 3.70. The molecule has 2 amide bonds. The minimum absolute atomic E-state index is 0.135. The highest BCUT2D eigenvalue weighted by Gasteiger charge is 2.17. The van der Waals surface area contributed by atoms with E-state index in [4.69, 9.17) is 4.74 Å². The van der Waals surface area contributed by atoms with E-state index in [-0.39, 0.29) is 6.03 Å². The molecule has 1 saturated carbocycles. The average molecular weight is 375 g/mol. The van der Waals surface area contributed by atoms with Crippen LogP contribution in [0.1, 0.15) is 37.7 Å². The van der Waals surface area contributed by atoms with Crippen molar-refractivity contribution in [3.05, 3.63) is 23.8 Å². The van der Waals surface area contributed by atoms with Crippen molar-refractivity contribution in [1.29, 1.82) is 0 Å². The molecule has 0 spiro atoms. The van der Waals surface area contributed by atoms with Crippen molar-refractivity contribution in [3.63, 3.8) is 0 Å². The van der Waals surface area contributed by atoms with Gasteiger partial charge < -0.3 is 10.1 Å². The first kappa shape index (κ1) is 17.7. The number of carbonyl (C=O) groups is 1. The number of urea groups is 1. The van der Waals surface area contributed by atoms with Crippen molar-refractivity contribution in [2.24, 2.45) is 0 Å². The molecule has 1 saturated heterocycles. The highest BCUT2D eigenvalue weighted by Crippen LogP contribution is 2.27. The molecule has 0 atom stereocenters. The Kier molecular flexibility index (Phi) is 5.67. The lowest BCUT2D eigenvalue weighted by Crippen LogP contribution is -2.38. The molecule has 2 aliphatic rings. The number of anilines is 1. The fraction of sp³-hybridized carbons (Fsp3) is 0.579. The van der Waals surface area contributed by atoms with Gasteiger partial charge in [0.2, 0.25) is 0 Å². The lowest BCUT2D eigenvalue weighted by molar-refractivity contribution is 0.0342. The third-order valence-corrected chi connectivity index (χ3v) is 6.06. The summed E-state index contributed by atoms with van der Waals surface area (Å²) in [7, 11) is 0. The number of morpholine rings is 1. The molecule has 1 aromatic heterocycles. The Hall–Kier alpha value is -1.70. The van der Waals surface area contributed by atoms with Gasteiger partial charge in [0, 0.05) is 25.7 Å². The third-order valence-electron chi connectivity index (χ3n) is 5.12. The lowest BCUT2D eigenvalue weighted by atomic mass is 9.96. The van der Waals surface area contributed by atoms with Gasteiger partial charge >= 0.3 is 6.03 Å². The zero-order chi connectivity index (χ0) is 17.8. The average Bonchev–Trinajstić information content (AvgIpc) is 3.04. The van der Waals surface area contributed by atoms with E-state index in [0.29, 0.717) is 11.2 Å². The van der Waals surface area contributed by atoms with Crippen LogP contribution in [0.2, 0.25) is 0 Å². The quantitative estimate of drug-likeness (QED) is 0.858. The zero-order valence-electron chi connectivity index (χ0n) is 15.0. The van der Waals surface area contributed by atoms with Crippen molar-refractivity contribution in [2.45, 2.75) is 44.7 Å². The van der Waals surface area contributed by atoms with E-state index in [0.717, 1.165) is 55.9 Å². The number of fused-ring (bicyclic) bond motifs is 1. The minimum atomic E-state index is -0.135. The molecule has 1 aromatic carbocycles. The van der Waals surface area contributed by atoms with Gasteiger partial charge in [-0.2, -0.15) is 0 Å². The van der Waals surface area contributed by atoms with Crippen LogP contribution in [0.15, 0.2) is 18.2 Å². The second kappa shape index (κ2) is 8.33. The lowest BCUT2D eigenvalue weighted by Gasteiger charge is -2.26. The Balaban J connectivity index is 1.37. The highest BCUT2D eigenvalue weighted by atomic mass is 32.1. The first-order chi connectivity index (χ1) is 12.8. The van der Waals surface area contributed by atoms with Crippen LogP contribution in [0.3, 0.4) is 0 Å². The number of hydrogen-bond acceptors (Lipinski definition) is 5. The largest absolute Gasteiger partial charge is 0.379 e. The Morgan fingerprint density at radius 2 is 2.04 bits per heavy atom. The van der Waals surface area contributed by atoms with Gasteiger partial charge in [-0.25, -0.2) is 9.78 Å². The summed E-state index contributed by atoms with van der Waals surface area (Å²) in [4.78, 5) is 19.2. The number of nitrogens with zero attached hydrogens (tertiary/aromatic N) is 2. The summed E-state index contributed by atoms with van der Waals surface area (Å²) in [6.45, 7) is 4.52. The molecule has 2 heterocycles. The molecule has 0 bridgehead atoms. The zero-order valence-corrected chi connectivity index (χ0v) is 15.8. The van der Waals surface area contributed by atoms with Gasteiger partial charge in [-0.3, -0.25) is 10.2 Å². The van der Waals surface area contributed by atoms with E-state index >= 15 is 0 Å². The number of hydrogen-bond donors (Lipinski definition) is 2. The van der Waals surface area contributed by atoms with Crippen LogP contribution in [0, 0.1) is 0 Å². The smallest absolute Gasteiger partial charge is 0.321 e. The molecule has 6 nitrogen and oxygen atoms in total. The Bertz CT molecular complexity index is 751. The number of aromatic nitrogens is 1. The Labute approximate surface area is 157 Å². The SMILES string of the molecule is O=C(Nc1nc2ccc(CN3CCOCC3)cc2s1)NC1CCCCC1. The molecule has 2 aromatic rings. The predicted molar refractivity (Wildman–Crippen MR) is 105 cm³/mol. The Morgan fingerprint density at radius 3 is 2.85 bits per heavy atom. The van der Waals surface area contributed by atoms with Crippen LogP contribution in [-0.2, 0) is 11.3 Å². The van der Waals surface area contributed by atoms with E-state index in [1.54, 1.807) is 0 Å². The number of nitrogens with one attached hydrogen (secondary N) is 2. The van der Waals surface area contributed by atoms with E-state index < -0.39 is 0 Å². The first-order valence-electron chi connectivity index (χ1n) is 9.53.